The van der Waals surface area contributed by atoms with Gasteiger partial charge in [0.15, 0.2) is 0 Å². The van der Waals surface area contributed by atoms with Crippen molar-refractivity contribution in [2.45, 2.75) is 50.8 Å². The fourth-order valence-corrected chi connectivity index (χ4v) is 2.16. The number of halogens is 1. The van der Waals surface area contributed by atoms with Crippen molar-refractivity contribution >= 4 is 11.6 Å². The molecule has 0 spiro atoms. The highest BCUT2D eigenvalue weighted by molar-refractivity contribution is 6.22. The van der Waals surface area contributed by atoms with E-state index in [2.05, 4.69) is 13.0 Å². The van der Waals surface area contributed by atoms with Crippen molar-refractivity contribution in [3.63, 3.8) is 0 Å². The number of hydrogen-bond acceptors (Lipinski definition) is 1. The third kappa shape index (κ3) is 2.14. The van der Waals surface area contributed by atoms with Crippen LogP contribution in [0.25, 0.3) is 0 Å². The van der Waals surface area contributed by atoms with Crippen molar-refractivity contribution in [2.75, 3.05) is 0 Å². The van der Waals surface area contributed by atoms with Crippen LogP contribution in [-0.4, -0.2) is 5.38 Å². The molecule has 1 saturated carbocycles. The van der Waals surface area contributed by atoms with E-state index in [0.717, 1.165) is 12.8 Å². The zero-order valence-electron chi connectivity index (χ0n) is 7.65. The van der Waals surface area contributed by atoms with Crippen molar-refractivity contribution in [2.24, 2.45) is 5.41 Å². The molecule has 12 heavy (non-hydrogen) atoms. The van der Waals surface area contributed by atoms with Gasteiger partial charge in [-0.2, -0.15) is 5.26 Å². The van der Waals surface area contributed by atoms with Gasteiger partial charge in [0.05, 0.1) is 6.07 Å². The first-order valence-corrected chi connectivity index (χ1v) is 5.16. The normalized spacial score (nSPS) is 25.4. The second kappa shape index (κ2) is 4.14. The first-order chi connectivity index (χ1) is 5.69. The molecule has 0 aromatic heterocycles. The Balaban J connectivity index is 2.61. The summed E-state index contributed by atoms with van der Waals surface area (Å²) in [5.74, 6) is 0. The number of hydrogen-bond donors (Lipinski definition) is 0. The molecule has 1 unspecified atom stereocenters. The average molecular weight is 186 g/mol. The molecule has 0 aliphatic heterocycles. The van der Waals surface area contributed by atoms with Gasteiger partial charge >= 0.3 is 0 Å². The Kier molecular flexibility index (Phi) is 3.40. The zero-order chi connectivity index (χ0) is 9.03. The molecule has 0 aromatic carbocycles. The molecular weight excluding hydrogens is 170 g/mol. The first kappa shape index (κ1) is 9.86. The van der Waals surface area contributed by atoms with E-state index in [4.69, 9.17) is 16.9 Å². The average Bonchev–Trinajstić information content (AvgIpc) is 2.29. The van der Waals surface area contributed by atoms with Crippen molar-refractivity contribution < 1.29 is 0 Å². The minimum Gasteiger partial charge on any atom is -0.197 e. The summed E-state index contributed by atoms with van der Waals surface area (Å²) < 4.78 is 0. The maximum absolute atomic E-state index is 8.76. The predicted molar refractivity (Wildman–Crippen MR) is 51.1 cm³/mol. The van der Waals surface area contributed by atoms with Gasteiger partial charge in [0, 0.05) is 0 Å². The van der Waals surface area contributed by atoms with Crippen LogP contribution in [-0.2, 0) is 0 Å². The van der Waals surface area contributed by atoms with E-state index in [-0.39, 0.29) is 10.8 Å². The Labute approximate surface area is 79.7 Å². The van der Waals surface area contributed by atoms with E-state index >= 15 is 0 Å². The standard InChI is InChI=1S/C10H16ClN/c1-10(9(11)8-12)6-4-2-3-5-7-10/h9H,2-7H2,1H3. The van der Waals surface area contributed by atoms with Crippen molar-refractivity contribution in [1.29, 1.82) is 5.26 Å². The molecule has 0 saturated heterocycles. The fourth-order valence-electron chi connectivity index (χ4n) is 1.95. The lowest BCUT2D eigenvalue weighted by Crippen LogP contribution is -2.26. The Bertz CT molecular complexity index is 175. The predicted octanol–water partition coefficient (Wildman–Crippen LogP) is 3.48. The van der Waals surface area contributed by atoms with Crippen LogP contribution >= 0.6 is 11.6 Å². The maximum atomic E-state index is 8.76. The second-order valence-corrected chi connectivity index (χ2v) is 4.50. The maximum Gasteiger partial charge on any atom is 0.125 e. The van der Waals surface area contributed by atoms with Crippen LogP contribution in [0.4, 0.5) is 0 Å². The smallest absolute Gasteiger partial charge is 0.125 e. The summed E-state index contributed by atoms with van der Waals surface area (Å²) in [6.45, 7) is 2.15. The first-order valence-electron chi connectivity index (χ1n) is 4.73. The van der Waals surface area contributed by atoms with Crippen LogP contribution in [0.3, 0.4) is 0 Å². The van der Waals surface area contributed by atoms with Gasteiger partial charge in [-0.1, -0.05) is 32.6 Å². The molecule has 1 fully saturated rings. The SMILES string of the molecule is CC1(C(Cl)C#N)CCCCCC1. The fraction of sp³-hybridized carbons (Fsp3) is 0.900. The summed E-state index contributed by atoms with van der Waals surface area (Å²) in [5, 5.41) is 8.47. The van der Waals surface area contributed by atoms with Gasteiger partial charge < -0.3 is 0 Å². The van der Waals surface area contributed by atoms with Gasteiger partial charge in [0.25, 0.3) is 0 Å². The lowest BCUT2D eigenvalue weighted by atomic mass is 9.80. The lowest BCUT2D eigenvalue weighted by molar-refractivity contribution is 0.290. The third-order valence-electron chi connectivity index (χ3n) is 2.97. The highest BCUT2D eigenvalue weighted by Crippen LogP contribution is 2.39. The molecule has 1 nitrogen and oxygen atoms in total. The Hall–Kier alpha value is -0.220. The van der Waals surface area contributed by atoms with Crippen LogP contribution in [0, 0.1) is 16.7 Å². The monoisotopic (exact) mass is 185 g/mol. The van der Waals surface area contributed by atoms with Gasteiger partial charge in [0.2, 0.25) is 0 Å². The van der Waals surface area contributed by atoms with Crippen LogP contribution in [0.1, 0.15) is 45.4 Å². The van der Waals surface area contributed by atoms with Gasteiger partial charge in [-0.3, -0.25) is 0 Å². The van der Waals surface area contributed by atoms with E-state index < -0.39 is 0 Å². The molecule has 0 amide bonds. The summed E-state index contributed by atoms with van der Waals surface area (Å²) in [5.41, 5.74) is 0.0762. The van der Waals surface area contributed by atoms with Gasteiger partial charge in [-0.15, -0.1) is 11.6 Å². The highest BCUT2D eigenvalue weighted by atomic mass is 35.5. The van der Waals surface area contributed by atoms with E-state index in [1.54, 1.807) is 0 Å². The van der Waals surface area contributed by atoms with Crippen molar-refractivity contribution in [1.82, 2.24) is 0 Å². The number of rotatable bonds is 1. The Morgan fingerprint density at radius 2 is 1.75 bits per heavy atom. The summed E-state index contributed by atoms with van der Waals surface area (Å²) in [7, 11) is 0. The molecule has 1 atom stereocenters. The number of nitrogens with zero attached hydrogens (tertiary/aromatic N) is 1. The van der Waals surface area contributed by atoms with Crippen LogP contribution in [0.2, 0.25) is 0 Å². The third-order valence-corrected chi connectivity index (χ3v) is 3.60. The van der Waals surface area contributed by atoms with E-state index in [9.17, 15) is 0 Å². The molecule has 0 aromatic rings. The molecule has 0 radical (unpaired) electrons. The van der Waals surface area contributed by atoms with Gasteiger partial charge in [-0.05, 0) is 18.3 Å². The summed E-state index contributed by atoms with van der Waals surface area (Å²) >= 11 is 6.00. The van der Waals surface area contributed by atoms with E-state index in [0.29, 0.717) is 0 Å². The molecule has 68 valence electrons. The molecule has 0 bridgehead atoms. The second-order valence-electron chi connectivity index (χ2n) is 4.06. The molecule has 1 aliphatic carbocycles. The number of nitriles is 1. The van der Waals surface area contributed by atoms with Crippen molar-refractivity contribution in [3.05, 3.63) is 0 Å². The molecule has 0 heterocycles. The molecule has 0 N–H and O–H groups in total. The lowest BCUT2D eigenvalue weighted by Gasteiger charge is -2.28. The largest absolute Gasteiger partial charge is 0.197 e. The molecule has 1 rings (SSSR count). The van der Waals surface area contributed by atoms with E-state index in [1.165, 1.54) is 25.7 Å². The van der Waals surface area contributed by atoms with Crippen LogP contribution in [0.5, 0.6) is 0 Å². The molecular formula is C10H16ClN. The summed E-state index contributed by atoms with van der Waals surface area (Å²) in [6, 6.07) is 2.17. The Morgan fingerprint density at radius 3 is 2.17 bits per heavy atom. The van der Waals surface area contributed by atoms with Crippen molar-refractivity contribution in [3.8, 4) is 6.07 Å². The number of alkyl halides is 1. The minimum absolute atomic E-state index is 0.0762. The zero-order valence-corrected chi connectivity index (χ0v) is 8.40. The minimum atomic E-state index is -0.296. The summed E-state index contributed by atoms with van der Waals surface area (Å²) in [4.78, 5) is 0. The van der Waals surface area contributed by atoms with E-state index in [1.807, 2.05) is 0 Å². The van der Waals surface area contributed by atoms with Crippen LogP contribution in [0.15, 0.2) is 0 Å². The topological polar surface area (TPSA) is 23.8 Å². The highest BCUT2D eigenvalue weighted by Gasteiger charge is 2.33. The quantitative estimate of drug-likeness (QED) is 0.453. The van der Waals surface area contributed by atoms with Gasteiger partial charge in [0.1, 0.15) is 5.38 Å². The molecule has 1 aliphatic rings. The molecule has 2 heteroatoms. The van der Waals surface area contributed by atoms with Crippen LogP contribution < -0.4 is 0 Å². The van der Waals surface area contributed by atoms with Gasteiger partial charge in [-0.25, -0.2) is 0 Å². The summed E-state index contributed by atoms with van der Waals surface area (Å²) in [6.07, 6.45) is 7.33. The Morgan fingerprint density at radius 1 is 1.25 bits per heavy atom.